The molecule has 36 heavy (non-hydrogen) atoms. The summed E-state index contributed by atoms with van der Waals surface area (Å²) in [7, 11) is -1.08. The van der Waals surface area contributed by atoms with Gasteiger partial charge in [0.05, 0.1) is 41.3 Å². The SMILES string of the molecule is CC(C)OCC(NC(=O)N1Cc2c(NC(=O)C3(S(C)(C)C)CCC3)n[nH]c2C1(C)C)c1ccccc1. The Morgan fingerprint density at radius 2 is 1.83 bits per heavy atom. The first-order valence-electron chi connectivity index (χ1n) is 12.7. The van der Waals surface area contributed by atoms with Crippen LogP contribution in [0.15, 0.2) is 30.3 Å². The lowest BCUT2D eigenvalue weighted by Crippen LogP contribution is -2.51. The second-order valence-electron chi connectivity index (χ2n) is 11.5. The van der Waals surface area contributed by atoms with E-state index in [2.05, 4.69) is 39.6 Å². The van der Waals surface area contributed by atoms with Gasteiger partial charge < -0.3 is 20.3 Å². The van der Waals surface area contributed by atoms with Crippen LogP contribution in [0, 0.1) is 0 Å². The van der Waals surface area contributed by atoms with Gasteiger partial charge in [-0.25, -0.2) is 14.8 Å². The Balaban J connectivity index is 1.52. The minimum atomic E-state index is -1.08. The summed E-state index contributed by atoms with van der Waals surface area (Å²) in [6.07, 6.45) is 9.61. The van der Waals surface area contributed by atoms with Crippen molar-refractivity contribution in [2.45, 2.75) is 75.9 Å². The van der Waals surface area contributed by atoms with E-state index in [1.165, 1.54) is 0 Å². The monoisotopic (exact) mass is 515 g/mol. The molecule has 0 spiro atoms. The zero-order chi connectivity index (χ0) is 26.3. The summed E-state index contributed by atoms with van der Waals surface area (Å²) in [5, 5.41) is 13.9. The molecule has 4 rings (SSSR count). The Morgan fingerprint density at radius 1 is 1.17 bits per heavy atom. The third kappa shape index (κ3) is 4.75. The number of benzene rings is 1. The summed E-state index contributed by atoms with van der Waals surface area (Å²) in [5.41, 5.74) is 2.11. The Hall–Kier alpha value is -2.52. The maximum Gasteiger partial charge on any atom is 0.319 e. The lowest BCUT2D eigenvalue weighted by molar-refractivity contribution is -0.120. The molecule has 0 bridgehead atoms. The lowest BCUT2D eigenvalue weighted by Gasteiger charge is -2.53. The number of aromatic nitrogens is 2. The minimum Gasteiger partial charge on any atom is -0.376 e. The fourth-order valence-corrected chi connectivity index (χ4v) is 7.32. The van der Waals surface area contributed by atoms with Crippen LogP contribution in [0.1, 0.15) is 69.8 Å². The Kier molecular flexibility index (Phi) is 7.18. The van der Waals surface area contributed by atoms with Crippen molar-refractivity contribution < 1.29 is 14.3 Å². The molecule has 2 aromatic rings. The second-order valence-corrected chi connectivity index (χ2v) is 16.0. The summed E-state index contributed by atoms with van der Waals surface area (Å²) in [4.78, 5) is 28.8. The molecule has 1 fully saturated rings. The third-order valence-corrected chi connectivity index (χ3v) is 10.7. The highest BCUT2D eigenvalue weighted by Crippen LogP contribution is 2.60. The van der Waals surface area contributed by atoms with Gasteiger partial charge >= 0.3 is 6.03 Å². The fraction of sp³-hybridized carbons (Fsp3) is 0.593. The Labute approximate surface area is 216 Å². The number of anilines is 1. The van der Waals surface area contributed by atoms with Gasteiger partial charge in [0.25, 0.3) is 0 Å². The van der Waals surface area contributed by atoms with Gasteiger partial charge in [-0.15, -0.1) is 0 Å². The van der Waals surface area contributed by atoms with E-state index in [-0.39, 0.29) is 28.8 Å². The number of carbonyl (C=O) groups excluding carboxylic acids is 2. The number of aromatic amines is 1. The van der Waals surface area contributed by atoms with Gasteiger partial charge in [-0.3, -0.25) is 9.89 Å². The summed E-state index contributed by atoms with van der Waals surface area (Å²) in [5.74, 6) is 0.595. The number of fused-ring (bicyclic) bond motifs is 1. The van der Waals surface area contributed by atoms with E-state index in [1.807, 2.05) is 58.0 Å². The molecule has 1 aliphatic heterocycles. The fourth-order valence-electron chi connectivity index (χ4n) is 5.20. The summed E-state index contributed by atoms with van der Waals surface area (Å²) in [6.45, 7) is 8.71. The van der Waals surface area contributed by atoms with Crippen molar-refractivity contribution in [3.05, 3.63) is 47.2 Å². The van der Waals surface area contributed by atoms with Crippen LogP contribution >= 0.6 is 10.0 Å². The number of hydrogen-bond acceptors (Lipinski definition) is 4. The van der Waals surface area contributed by atoms with Crippen molar-refractivity contribution in [2.75, 3.05) is 30.7 Å². The highest BCUT2D eigenvalue weighted by Gasteiger charge is 2.51. The van der Waals surface area contributed by atoms with E-state index >= 15 is 0 Å². The first-order valence-corrected chi connectivity index (χ1v) is 15.5. The summed E-state index contributed by atoms with van der Waals surface area (Å²) in [6, 6.07) is 9.42. The largest absolute Gasteiger partial charge is 0.376 e. The van der Waals surface area contributed by atoms with Gasteiger partial charge in [0.15, 0.2) is 5.82 Å². The number of hydrogen-bond donors (Lipinski definition) is 3. The van der Waals surface area contributed by atoms with Gasteiger partial charge in [0, 0.05) is 5.56 Å². The average molecular weight is 516 g/mol. The molecule has 1 saturated carbocycles. The molecule has 1 unspecified atom stereocenters. The minimum absolute atomic E-state index is 0.0567. The highest BCUT2D eigenvalue weighted by molar-refractivity contribution is 8.33. The topological polar surface area (TPSA) is 99.3 Å². The molecule has 8 nitrogen and oxygen atoms in total. The van der Waals surface area contributed by atoms with Crippen LogP contribution in [0.25, 0.3) is 0 Å². The van der Waals surface area contributed by atoms with E-state index in [0.29, 0.717) is 19.0 Å². The molecule has 1 aliphatic carbocycles. The number of amides is 3. The molecule has 1 aromatic heterocycles. The average Bonchev–Trinajstić information content (AvgIpc) is 3.27. The molecule has 3 amide bonds. The molecule has 198 valence electrons. The van der Waals surface area contributed by atoms with E-state index in [9.17, 15) is 9.59 Å². The molecule has 0 saturated heterocycles. The maximum atomic E-state index is 13.6. The number of carbonyl (C=O) groups is 2. The lowest BCUT2D eigenvalue weighted by atomic mass is 9.83. The zero-order valence-corrected chi connectivity index (χ0v) is 23.4. The maximum absolute atomic E-state index is 13.6. The molecule has 1 aromatic carbocycles. The predicted molar refractivity (Wildman–Crippen MR) is 147 cm³/mol. The van der Waals surface area contributed by atoms with Crippen molar-refractivity contribution in [3.63, 3.8) is 0 Å². The molecule has 2 aliphatic rings. The second kappa shape index (κ2) is 9.74. The van der Waals surface area contributed by atoms with Crippen LogP contribution in [0.2, 0.25) is 0 Å². The Morgan fingerprint density at radius 3 is 2.39 bits per heavy atom. The van der Waals surface area contributed by atoms with Gasteiger partial charge in [-0.1, -0.05) is 30.3 Å². The van der Waals surface area contributed by atoms with E-state index in [0.717, 1.165) is 36.1 Å². The third-order valence-electron chi connectivity index (χ3n) is 7.79. The van der Waals surface area contributed by atoms with Gasteiger partial charge in [0.2, 0.25) is 5.91 Å². The first kappa shape index (κ1) is 26.5. The number of urea groups is 1. The number of H-pyrrole nitrogens is 1. The van der Waals surface area contributed by atoms with Crippen LogP contribution in [0.4, 0.5) is 10.6 Å². The van der Waals surface area contributed by atoms with Gasteiger partial charge in [-0.05, 0) is 71.3 Å². The van der Waals surface area contributed by atoms with Crippen molar-refractivity contribution in [1.29, 1.82) is 0 Å². The standard InChI is InChI=1S/C27H41N5O3S/c1-18(2)35-17-21(19-12-9-8-10-13-19)28-25(34)32-16-20-22(26(32,3)4)30-31-23(20)29-24(33)27(14-11-15-27)36(5,6)7/h8-10,12-13,18,21H,11,14-17H2,1-7H3,(H,28,34)(H2,29,30,31,33). The van der Waals surface area contributed by atoms with Crippen molar-refractivity contribution in [3.8, 4) is 0 Å². The van der Waals surface area contributed by atoms with Crippen molar-refractivity contribution >= 4 is 27.8 Å². The zero-order valence-electron chi connectivity index (χ0n) is 22.6. The van der Waals surface area contributed by atoms with Crippen LogP contribution in [0.3, 0.4) is 0 Å². The van der Waals surface area contributed by atoms with E-state index in [4.69, 9.17) is 4.74 Å². The van der Waals surface area contributed by atoms with E-state index in [1.54, 1.807) is 4.90 Å². The number of rotatable bonds is 8. The number of nitrogens with one attached hydrogen (secondary N) is 3. The van der Waals surface area contributed by atoms with Gasteiger partial charge in [0.1, 0.15) is 0 Å². The molecule has 2 heterocycles. The van der Waals surface area contributed by atoms with Crippen LogP contribution in [-0.4, -0.2) is 63.3 Å². The molecule has 1 atom stereocenters. The summed E-state index contributed by atoms with van der Waals surface area (Å²) < 4.78 is 5.56. The smallest absolute Gasteiger partial charge is 0.319 e. The van der Waals surface area contributed by atoms with Crippen LogP contribution in [0.5, 0.6) is 0 Å². The molecular formula is C27H41N5O3S. The summed E-state index contributed by atoms with van der Waals surface area (Å²) >= 11 is 0. The van der Waals surface area contributed by atoms with Gasteiger partial charge in [-0.2, -0.15) is 5.10 Å². The number of ether oxygens (including phenoxy) is 1. The van der Waals surface area contributed by atoms with E-state index < -0.39 is 15.6 Å². The normalized spacial score (nSPS) is 19.4. The van der Waals surface area contributed by atoms with Crippen LogP contribution < -0.4 is 10.6 Å². The number of nitrogens with zero attached hydrogens (tertiary/aromatic N) is 2. The first-order chi connectivity index (χ1) is 16.9. The quantitative estimate of drug-likeness (QED) is 0.466. The molecule has 3 N–H and O–H groups in total. The molecule has 0 radical (unpaired) electrons. The highest BCUT2D eigenvalue weighted by atomic mass is 32.3. The van der Waals surface area contributed by atoms with Crippen molar-refractivity contribution in [2.24, 2.45) is 0 Å². The molecular weight excluding hydrogens is 474 g/mol. The van der Waals surface area contributed by atoms with Crippen LogP contribution in [-0.2, 0) is 21.6 Å². The van der Waals surface area contributed by atoms with Crippen molar-refractivity contribution in [1.82, 2.24) is 20.4 Å². The Bertz CT molecular complexity index is 1100. The molecule has 9 heteroatoms. The predicted octanol–water partition coefficient (Wildman–Crippen LogP) is 4.89.